The normalized spacial score (nSPS) is 12.6. The van der Waals surface area contributed by atoms with Crippen molar-refractivity contribution in [2.24, 2.45) is 10.7 Å². The Bertz CT molecular complexity index is 719. The number of hydrogen-bond donors (Lipinski definition) is 1. The average Bonchev–Trinajstić information content (AvgIpc) is 2.53. The molecule has 2 N–H and O–H groups in total. The standard InChI is InChI=1S/C17H15F3N2O/c1-23-15-8-5-12(6-9-15)7-10-16(21)22-14-4-2-3-13(11-14)17(18,19)20/h2-11H,1H3,(H2,21,22)/b10-7+. The molecule has 0 aliphatic rings. The Labute approximate surface area is 131 Å². The number of methoxy groups -OCH3 is 1. The van der Waals surface area contributed by atoms with Gasteiger partial charge in [0.2, 0.25) is 0 Å². The molecule has 2 aromatic rings. The molecule has 6 heteroatoms. The lowest BCUT2D eigenvalue weighted by atomic mass is 10.2. The van der Waals surface area contributed by atoms with Crippen molar-refractivity contribution in [1.82, 2.24) is 0 Å². The van der Waals surface area contributed by atoms with E-state index >= 15 is 0 Å². The highest BCUT2D eigenvalue weighted by atomic mass is 19.4. The first-order chi connectivity index (χ1) is 10.9. The predicted octanol–water partition coefficient (Wildman–Crippen LogP) is 4.42. The van der Waals surface area contributed by atoms with Crippen LogP contribution in [0.1, 0.15) is 11.1 Å². The Morgan fingerprint density at radius 1 is 1.13 bits per heavy atom. The van der Waals surface area contributed by atoms with Gasteiger partial charge >= 0.3 is 6.18 Å². The van der Waals surface area contributed by atoms with Crippen LogP contribution in [0, 0.1) is 0 Å². The molecule has 0 bridgehead atoms. The molecule has 0 aliphatic carbocycles. The largest absolute Gasteiger partial charge is 0.497 e. The summed E-state index contributed by atoms with van der Waals surface area (Å²) in [6.45, 7) is 0. The van der Waals surface area contributed by atoms with Crippen molar-refractivity contribution in [1.29, 1.82) is 0 Å². The summed E-state index contributed by atoms with van der Waals surface area (Å²) in [4.78, 5) is 3.96. The van der Waals surface area contributed by atoms with Crippen LogP contribution >= 0.6 is 0 Å². The topological polar surface area (TPSA) is 47.6 Å². The minimum atomic E-state index is -4.40. The van der Waals surface area contributed by atoms with Gasteiger partial charge in [-0.2, -0.15) is 13.2 Å². The van der Waals surface area contributed by atoms with Gasteiger partial charge in [-0.3, -0.25) is 0 Å². The maximum absolute atomic E-state index is 12.6. The van der Waals surface area contributed by atoms with E-state index in [0.29, 0.717) is 0 Å². The lowest BCUT2D eigenvalue weighted by Gasteiger charge is -2.06. The van der Waals surface area contributed by atoms with Gasteiger partial charge in [0.25, 0.3) is 0 Å². The van der Waals surface area contributed by atoms with Gasteiger partial charge in [0.05, 0.1) is 18.4 Å². The molecular weight excluding hydrogens is 305 g/mol. The van der Waals surface area contributed by atoms with Gasteiger partial charge in [0, 0.05) is 0 Å². The van der Waals surface area contributed by atoms with Gasteiger partial charge in [-0.15, -0.1) is 0 Å². The second-order valence-electron chi connectivity index (χ2n) is 4.69. The van der Waals surface area contributed by atoms with Crippen LogP contribution in [-0.2, 0) is 6.18 Å². The van der Waals surface area contributed by atoms with Gasteiger partial charge in [-0.25, -0.2) is 4.99 Å². The Morgan fingerprint density at radius 2 is 1.83 bits per heavy atom. The lowest BCUT2D eigenvalue weighted by Crippen LogP contribution is -2.07. The number of ether oxygens (including phenoxy) is 1. The molecule has 0 aromatic heterocycles. The van der Waals surface area contributed by atoms with E-state index in [0.717, 1.165) is 23.4 Å². The van der Waals surface area contributed by atoms with Crippen LogP contribution in [-0.4, -0.2) is 12.9 Å². The number of alkyl halides is 3. The number of benzene rings is 2. The van der Waals surface area contributed by atoms with Gasteiger partial charge < -0.3 is 10.5 Å². The molecule has 0 amide bonds. The monoisotopic (exact) mass is 320 g/mol. The number of rotatable bonds is 4. The number of nitrogens with two attached hydrogens (primary N) is 1. The molecule has 2 rings (SSSR count). The Kier molecular flexibility index (Phi) is 5.05. The first-order valence-electron chi connectivity index (χ1n) is 6.72. The first kappa shape index (κ1) is 16.6. The van der Waals surface area contributed by atoms with E-state index in [9.17, 15) is 13.2 Å². The SMILES string of the molecule is COc1ccc(/C=C/C(N)=Nc2cccc(C(F)(F)F)c2)cc1. The van der Waals surface area contributed by atoms with Crippen molar-refractivity contribution >= 4 is 17.6 Å². The van der Waals surface area contributed by atoms with Crippen LogP contribution in [0.3, 0.4) is 0 Å². The van der Waals surface area contributed by atoms with Crippen molar-refractivity contribution in [2.75, 3.05) is 7.11 Å². The highest BCUT2D eigenvalue weighted by Crippen LogP contribution is 2.31. The van der Waals surface area contributed by atoms with E-state index in [1.165, 1.54) is 18.2 Å². The number of halogens is 3. The summed E-state index contributed by atoms with van der Waals surface area (Å²) in [7, 11) is 1.57. The minimum Gasteiger partial charge on any atom is -0.497 e. The second kappa shape index (κ2) is 7.00. The van der Waals surface area contributed by atoms with Gasteiger partial charge in [-0.1, -0.05) is 24.3 Å². The molecule has 120 valence electrons. The molecule has 0 saturated carbocycles. The predicted molar refractivity (Wildman–Crippen MR) is 84.8 cm³/mol. The van der Waals surface area contributed by atoms with E-state index in [1.807, 2.05) is 12.1 Å². The second-order valence-corrected chi connectivity index (χ2v) is 4.69. The molecule has 23 heavy (non-hydrogen) atoms. The summed E-state index contributed by atoms with van der Waals surface area (Å²) in [5.41, 5.74) is 5.99. The van der Waals surface area contributed by atoms with E-state index in [-0.39, 0.29) is 11.5 Å². The third-order valence-corrected chi connectivity index (χ3v) is 2.99. The number of hydrogen-bond acceptors (Lipinski definition) is 2. The number of amidine groups is 1. The van der Waals surface area contributed by atoms with Crippen molar-refractivity contribution in [3.8, 4) is 5.75 Å². The maximum atomic E-state index is 12.6. The van der Waals surface area contributed by atoms with Crippen molar-refractivity contribution in [3.63, 3.8) is 0 Å². The molecule has 0 saturated heterocycles. The smallest absolute Gasteiger partial charge is 0.416 e. The number of aliphatic imine (C=N–C) groups is 1. The molecular formula is C17H15F3N2O. The van der Waals surface area contributed by atoms with Crippen LogP contribution in [0.25, 0.3) is 6.08 Å². The lowest BCUT2D eigenvalue weighted by molar-refractivity contribution is -0.137. The molecule has 3 nitrogen and oxygen atoms in total. The van der Waals surface area contributed by atoms with E-state index in [1.54, 1.807) is 25.3 Å². The zero-order valence-corrected chi connectivity index (χ0v) is 12.3. The summed E-state index contributed by atoms with van der Waals surface area (Å²) in [5, 5.41) is 0. The van der Waals surface area contributed by atoms with Crippen molar-refractivity contribution in [3.05, 3.63) is 65.7 Å². The molecule has 2 aromatic carbocycles. The van der Waals surface area contributed by atoms with Gasteiger partial charge in [0.1, 0.15) is 11.6 Å². The van der Waals surface area contributed by atoms with Crippen LogP contribution < -0.4 is 10.5 Å². The van der Waals surface area contributed by atoms with Crippen LogP contribution in [0.2, 0.25) is 0 Å². The molecule has 0 aliphatic heterocycles. The fraction of sp³-hybridized carbons (Fsp3) is 0.118. The molecule has 0 heterocycles. The Hall–Kier alpha value is -2.76. The summed E-state index contributed by atoms with van der Waals surface area (Å²) >= 11 is 0. The Balaban J connectivity index is 2.14. The quantitative estimate of drug-likeness (QED) is 0.670. The molecule has 0 radical (unpaired) electrons. The highest BCUT2D eigenvalue weighted by Gasteiger charge is 2.30. The molecule has 0 fully saturated rings. The van der Waals surface area contributed by atoms with Crippen LogP contribution in [0.4, 0.5) is 18.9 Å². The van der Waals surface area contributed by atoms with Crippen LogP contribution in [0.15, 0.2) is 59.6 Å². The first-order valence-corrected chi connectivity index (χ1v) is 6.72. The average molecular weight is 320 g/mol. The zero-order chi connectivity index (χ0) is 16.9. The zero-order valence-electron chi connectivity index (χ0n) is 12.3. The fourth-order valence-corrected chi connectivity index (χ4v) is 1.83. The van der Waals surface area contributed by atoms with Crippen molar-refractivity contribution < 1.29 is 17.9 Å². The summed E-state index contributed by atoms with van der Waals surface area (Å²) in [6, 6.07) is 11.9. The molecule has 0 spiro atoms. The molecule has 0 atom stereocenters. The maximum Gasteiger partial charge on any atom is 0.416 e. The molecule has 0 unspecified atom stereocenters. The third kappa shape index (κ3) is 4.88. The fourth-order valence-electron chi connectivity index (χ4n) is 1.83. The van der Waals surface area contributed by atoms with E-state index < -0.39 is 11.7 Å². The van der Waals surface area contributed by atoms with Gasteiger partial charge in [-0.05, 0) is 42.0 Å². The van der Waals surface area contributed by atoms with Gasteiger partial charge in [0.15, 0.2) is 0 Å². The summed E-state index contributed by atoms with van der Waals surface area (Å²) in [6.07, 6.45) is -1.16. The van der Waals surface area contributed by atoms with E-state index in [2.05, 4.69) is 4.99 Å². The minimum absolute atomic E-state index is 0.111. The van der Waals surface area contributed by atoms with Crippen molar-refractivity contribution in [2.45, 2.75) is 6.18 Å². The summed E-state index contributed by atoms with van der Waals surface area (Å²) < 4.78 is 42.9. The van der Waals surface area contributed by atoms with E-state index in [4.69, 9.17) is 10.5 Å². The Morgan fingerprint density at radius 3 is 2.43 bits per heavy atom. The highest BCUT2D eigenvalue weighted by molar-refractivity contribution is 5.96. The summed E-state index contributed by atoms with van der Waals surface area (Å²) in [5.74, 6) is 0.841. The number of nitrogens with zero attached hydrogens (tertiary/aromatic N) is 1. The third-order valence-electron chi connectivity index (χ3n) is 2.99. The van der Waals surface area contributed by atoms with Crippen LogP contribution in [0.5, 0.6) is 5.75 Å².